The first-order valence-electron chi connectivity index (χ1n) is 6.90. The Morgan fingerprint density at radius 3 is 2.75 bits per heavy atom. The summed E-state index contributed by atoms with van der Waals surface area (Å²) < 4.78 is 1.24. The summed E-state index contributed by atoms with van der Waals surface area (Å²) in [4.78, 5) is 18.3. The van der Waals surface area contributed by atoms with Gasteiger partial charge in [-0.15, -0.1) is 11.3 Å². The molecule has 3 nitrogen and oxygen atoms in total. The third-order valence-electron chi connectivity index (χ3n) is 4.16. The molecule has 0 aliphatic carbocycles. The molecule has 1 aliphatic heterocycles. The predicted octanol–water partition coefficient (Wildman–Crippen LogP) is 3.36. The van der Waals surface area contributed by atoms with Crippen LogP contribution in [0.5, 0.6) is 0 Å². The van der Waals surface area contributed by atoms with Gasteiger partial charge in [0, 0.05) is 18.5 Å². The van der Waals surface area contributed by atoms with E-state index in [9.17, 15) is 4.79 Å². The van der Waals surface area contributed by atoms with Crippen molar-refractivity contribution in [3.05, 3.63) is 41.9 Å². The highest BCUT2D eigenvalue weighted by Gasteiger charge is 2.35. The number of hydrogen-bond acceptors (Lipinski definition) is 3. The van der Waals surface area contributed by atoms with Crippen molar-refractivity contribution in [2.24, 2.45) is 0 Å². The lowest BCUT2D eigenvalue weighted by atomic mass is 9.81. The molecule has 0 atom stereocenters. The number of nitrogens with zero attached hydrogens (tertiary/aromatic N) is 2. The standard InChI is InChI=1S/C16H18N2OS/c1-3-14(19)18-10-8-16(2,9-11-18)15-17-12-6-4-5-7-13(12)20-15/h3-7H,1,8-11H2,2H3. The molecule has 1 saturated heterocycles. The highest BCUT2D eigenvalue weighted by Crippen LogP contribution is 2.39. The Kier molecular flexibility index (Phi) is 3.34. The first kappa shape index (κ1) is 13.3. The van der Waals surface area contributed by atoms with E-state index in [0.717, 1.165) is 31.4 Å². The summed E-state index contributed by atoms with van der Waals surface area (Å²) in [6.07, 6.45) is 3.33. The van der Waals surface area contributed by atoms with Crippen LogP contribution in [0.3, 0.4) is 0 Å². The Morgan fingerprint density at radius 1 is 1.40 bits per heavy atom. The van der Waals surface area contributed by atoms with E-state index in [0.29, 0.717) is 0 Å². The van der Waals surface area contributed by atoms with Crippen molar-refractivity contribution in [2.45, 2.75) is 25.2 Å². The molecule has 0 N–H and O–H groups in total. The number of fused-ring (bicyclic) bond motifs is 1. The second kappa shape index (κ2) is 5.02. The minimum Gasteiger partial charge on any atom is -0.339 e. The zero-order valence-electron chi connectivity index (χ0n) is 11.6. The van der Waals surface area contributed by atoms with Gasteiger partial charge in [0.15, 0.2) is 0 Å². The van der Waals surface area contributed by atoms with Gasteiger partial charge in [-0.1, -0.05) is 25.6 Å². The Bertz CT molecular complexity index is 620. The van der Waals surface area contributed by atoms with Crippen LogP contribution in [0.2, 0.25) is 0 Å². The largest absolute Gasteiger partial charge is 0.339 e. The molecule has 0 radical (unpaired) electrons. The number of benzene rings is 1. The van der Waals surface area contributed by atoms with Crippen LogP contribution in [-0.2, 0) is 10.2 Å². The zero-order valence-corrected chi connectivity index (χ0v) is 12.4. The van der Waals surface area contributed by atoms with Crippen molar-refractivity contribution >= 4 is 27.5 Å². The number of aromatic nitrogens is 1. The second-order valence-electron chi connectivity index (χ2n) is 5.58. The summed E-state index contributed by atoms with van der Waals surface area (Å²) >= 11 is 1.78. The quantitative estimate of drug-likeness (QED) is 0.793. The summed E-state index contributed by atoms with van der Waals surface area (Å²) in [7, 11) is 0. The van der Waals surface area contributed by atoms with Gasteiger partial charge in [-0.25, -0.2) is 4.98 Å². The lowest BCUT2D eigenvalue weighted by Gasteiger charge is -2.37. The summed E-state index contributed by atoms with van der Waals surface area (Å²) in [5.74, 6) is 0.0383. The molecule has 0 bridgehead atoms. The monoisotopic (exact) mass is 286 g/mol. The smallest absolute Gasteiger partial charge is 0.245 e. The van der Waals surface area contributed by atoms with E-state index in [2.05, 4.69) is 31.7 Å². The first-order chi connectivity index (χ1) is 9.62. The van der Waals surface area contributed by atoms with Crippen LogP contribution in [0, 0.1) is 0 Å². The number of rotatable bonds is 2. The van der Waals surface area contributed by atoms with Gasteiger partial charge >= 0.3 is 0 Å². The normalized spacial score (nSPS) is 18.1. The summed E-state index contributed by atoms with van der Waals surface area (Å²) in [5, 5.41) is 1.20. The lowest BCUT2D eigenvalue weighted by molar-refractivity contribution is -0.127. The Morgan fingerprint density at radius 2 is 2.10 bits per heavy atom. The predicted molar refractivity (Wildman–Crippen MR) is 83.0 cm³/mol. The SMILES string of the molecule is C=CC(=O)N1CCC(C)(c2nc3ccccc3s2)CC1. The summed E-state index contributed by atoms with van der Waals surface area (Å²) in [5.41, 5.74) is 1.17. The van der Waals surface area contributed by atoms with Crippen molar-refractivity contribution in [3.63, 3.8) is 0 Å². The van der Waals surface area contributed by atoms with Gasteiger partial charge in [-0.2, -0.15) is 0 Å². The van der Waals surface area contributed by atoms with E-state index in [4.69, 9.17) is 4.98 Å². The van der Waals surface area contributed by atoms with Gasteiger partial charge in [-0.05, 0) is 31.1 Å². The van der Waals surface area contributed by atoms with Gasteiger partial charge in [0.25, 0.3) is 0 Å². The highest BCUT2D eigenvalue weighted by molar-refractivity contribution is 7.18. The molecule has 1 aliphatic rings. The van der Waals surface area contributed by atoms with Gasteiger partial charge in [0.2, 0.25) is 5.91 Å². The molecule has 1 amide bonds. The second-order valence-corrected chi connectivity index (χ2v) is 6.61. The molecular formula is C16H18N2OS. The number of likely N-dealkylation sites (tertiary alicyclic amines) is 1. The molecule has 1 aromatic carbocycles. The number of carbonyl (C=O) groups is 1. The number of thiazole rings is 1. The fourth-order valence-corrected chi connectivity index (χ4v) is 3.86. The number of para-hydroxylation sites is 1. The fraction of sp³-hybridized carbons (Fsp3) is 0.375. The van der Waals surface area contributed by atoms with Crippen LogP contribution >= 0.6 is 11.3 Å². The zero-order chi connectivity index (χ0) is 14.2. The van der Waals surface area contributed by atoms with Crippen molar-refractivity contribution in [1.82, 2.24) is 9.88 Å². The topological polar surface area (TPSA) is 33.2 Å². The molecule has 2 aromatic rings. The number of piperidine rings is 1. The molecule has 104 valence electrons. The van der Waals surface area contributed by atoms with Crippen molar-refractivity contribution < 1.29 is 4.79 Å². The van der Waals surface area contributed by atoms with Crippen molar-refractivity contribution in [3.8, 4) is 0 Å². The Balaban J connectivity index is 1.83. The molecule has 1 aromatic heterocycles. The van der Waals surface area contributed by atoms with Gasteiger partial charge < -0.3 is 4.90 Å². The van der Waals surface area contributed by atoms with E-state index in [1.165, 1.54) is 15.8 Å². The van der Waals surface area contributed by atoms with Crippen molar-refractivity contribution in [2.75, 3.05) is 13.1 Å². The van der Waals surface area contributed by atoms with Crippen LogP contribution in [0.1, 0.15) is 24.8 Å². The molecule has 1 fully saturated rings. The third-order valence-corrected chi connectivity index (χ3v) is 5.51. The van der Waals surface area contributed by atoms with E-state index < -0.39 is 0 Å². The molecule has 0 unspecified atom stereocenters. The van der Waals surface area contributed by atoms with Crippen molar-refractivity contribution in [1.29, 1.82) is 0 Å². The maximum Gasteiger partial charge on any atom is 0.245 e. The van der Waals surface area contributed by atoms with Crippen LogP contribution in [0.25, 0.3) is 10.2 Å². The molecule has 20 heavy (non-hydrogen) atoms. The Labute approximate surface area is 122 Å². The average Bonchev–Trinajstić information content (AvgIpc) is 2.92. The third kappa shape index (κ3) is 2.24. The summed E-state index contributed by atoms with van der Waals surface area (Å²) in [6.45, 7) is 7.40. The van der Waals surface area contributed by atoms with E-state index >= 15 is 0 Å². The van der Waals surface area contributed by atoms with Crippen LogP contribution < -0.4 is 0 Å². The van der Waals surface area contributed by atoms with E-state index in [-0.39, 0.29) is 11.3 Å². The summed E-state index contributed by atoms with van der Waals surface area (Å²) in [6, 6.07) is 8.27. The van der Waals surface area contributed by atoms with E-state index in [1.807, 2.05) is 11.0 Å². The van der Waals surface area contributed by atoms with Crippen LogP contribution in [0.4, 0.5) is 0 Å². The maximum atomic E-state index is 11.7. The van der Waals surface area contributed by atoms with Gasteiger partial charge in [-0.3, -0.25) is 4.79 Å². The molecular weight excluding hydrogens is 268 g/mol. The highest BCUT2D eigenvalue weighted by atomic mass is 32.1. The number of amides is 1. The van der Waals surface area contributed by atoms with Gasteiger partial charge in [0.1, 0.15) is 0 Å². The van der Waals surface area contributed by atoms with Gasteiger partial charge in [0.05, 0.1) is 15.2 Å². The van der Waals surface area contributed by atoms with E-state index in [1.54, 1.807) is 11.3 Å². The molecule has 3 rings (SSSR count). The molecule has 0 saturated carbocycles. The molecule has 2 heterocycles. The lowest BCUT2D eigenvalue weighted by Crippen LogP contribution is -2.43. The Hall–Kier alpha value is -1.68. The number of carbonyl (C=O) groups excluding carboxylic acids is 1. The molecule has 4 heteroatoms. The average molecular weight is 286 g/mol. The fourth-order valence-electron chi connectivity index (χ4n) is 2.69. The van der Waals surface area contributed by atoms with Crippen LogP contribution in [0.15, 0.2) is 36.9 Å². The first-order valence-corrected chi connectivity index (χ1v) is 7.71. The number of hydrogen-bond donors (Lipinski definition) is 0. The minimum absolute atomic E-state index is 0.0383. The minimum atomic E-state index is 0.0383. The van der Waals surface area contributed by atoms with Crippen LogP contribution in [-0.4, -0.2) is 28.9 Å². The molecule has 0 spiro atoms. The maximum absolute atomic E-state index is 11.7.